The summed E-state index contributed by atoms with van der Waals surface area (Å²) in [5.74, 6) is 0.245. The molecule has 2 rings (SSSR count). The number of carbonyl (C=O) groups excluding carboxylic acids is 1. The van der Waals surface area contributed by atoms with E-state index in [9.17, 15) is 4.79 Å². The maximum atomic E-state index is 12.1. The van der Waals surface area contributed by atoms with Crippen LogP contribution >= 0.6 is 27.5 Å². The maximum Gasteiger partial charge on any atom is 0.259 e. The van der Waals surface area contributed by atoms with Crippen molar-refractivity contribution in [2.45, 2.75) is 0 Å². The topological polar surface area (TPSA) is 51.2 Å². The number of para-hydroxylation sites is 1. The minimum atomic E-state index is -0.270. The molecule has 0 unspecified atom stereocenters. The van der Waals surface area contributed by atoms with E-state index >= 15 is 0 Å². The smallest absolute Gasteiger partial charge is 0.259 e. The van der Waals surface area contributed by atoms with Crippen LogP contribution in [0.2, 0.25) is 5.15 Å². The summed E-state index contributed by atoms with van der Waals surface area (Å²) in [5, 5.41) is 3.07. The fourth-order valence-electron chi connectivity index (χ4n) is 1.52. The largest absolute Gasteiger partial charge is 0.496 e. The highest BCUT2D eigenvalue weighted by atomic mass is 79.9. The molecule has 0 atom stereocenters. The van der Waals surface area contributed by atoms with Gasteiger partial charge in [-0.05, 0) is 34.1 Å². The third kappa shape index (κ3) is 3.24. The number of nitrogens with zero attached hydrogens (tertiary/aromatic N) is 1. The predicted molar refractivity (Wildman–Crippen MR) is 77.9 cm³/mol. The number of nitrogens with one attached hydrogen (secondary N) is 1. The van der Waals surface area contributed by atoms with Gasteiger partial charge in [0.05, 0.1) is 29.0 Å². The molecule has 0 saturated carbocycles. The quantitative estimate of drug-likeness (QED) is 0.865. The molecule has 98 valence electrons. The highest BCUT2D eigenvalue weighted by Crippen LogP contribution is 2.24. The van der Waals surface area contributed by atoms with Crippen molar-refractivity contribution in [3.05, 3.63) is 51.7 Å². The summed E-state index contributed by atoms with van der Waals surface area (Å²) in [5.41, 5.74) is 1.00. The van der Waals surface area contributed by atoms with Gasteiger partial charge in [0.15, 0.2) is 0 Å². The Hall–Kier alpha value is -1.59. The molecule has 1 heterocycles. The summed E-state index contributed by atoms with van der Waals surface area (Å²) in [4.78, 5) is 16.1. The van der Waals surface area contributed by atoms with Crippen LogP contribution < -0.4 is 10.1 Å². The van der Waals surface area contributed by atoms with Gasteiger partial charge in [-0.15, -0.1) is 0 Å². The number of aromatic nitrogens is 1. The molecule has 0 aliphatic rings. The van der Waals surface area contributed by atoms with Crippen LogP contribution in [0.25, 0.3) is 0 Å². The molecule has 0 spiro atoms. The molecule has 19 heavy (non-hydrogen) atoms. The SMILES string of the molecule is COc1ccccc1C(=O)Nc1cnc(Cl)c(Br)c1. The molecule has 0 bridgehead atoms. The number of carbonyl (C=O) groups is 1. The van der Waals surface area contributed by atoms with Crippen molar-refractivity contribution < 1.29 is 9.53 Å². The number of halogens is 2. The Kier molecular flexibility index (Phi) is 4.39. The number of hydrogen-bond acceptors (Lipinski definition) is 3. The Morgan fingerprint density at radius 3 is 2.84 bits per heavy atom. The van der Waals surface area contributed by atoms with E-state index in [1.807, 2.05) is 0 Å². The number of ether oxygens (including phenoxy) is 1. The first-order chi connectivity index (χ1) is 9.11. The lowest BCUT2D eigenvalue weighted by Crippen LogP contribution is -2.13. The minimum absolute atomic E-state index is 0.270. The second kappa shape index (κ2) is 6.04. The molecule has 1 aromatic carbocycles. The number of hydrogen-bond donors (Lipinski definition) is 1. The highest BCUT2D eigenvalue weighted by Gasteiger charge is 2.12. The van der Waals surface area contributed by atoms with Gasteiger partial charge in [0, 0.05) is 0 Å². The van der Waals surface area contributed by atoms with Gasteiger partial charge in [-0.3, -0.25) is 4.79 Å². The first kappa shape index (κ1) is 13.8. The average molecular weight is 342 g/mol. The summed E-state index contributed by atoms with van der Waals surface area (Å²) < 4.78 is 5.76. The maximum absolute atomic E-state index is 12.1. The molecule has 1 N–H and O–H groups in total. The van der Waals surface area contributed by atoms with E-state index in [1.165, 1.54) is 13.3 Å². The van der Waals surface area contributed by atoms with Crippen LogP contribution in [0.3, 0.4) is 0 Å². The Labute approximate surface area is 123 Å². The van der Waals surface area contributed by atoms with E-state index in [-0.39, 0.29) is 5.91 Å². The van der Waals surface area contributed by atoms with E-state index in [0.29, 0.717) is 26.6 Å². The molecule has 0 aliphatic carbocycles. The lowest BCUT2D eigenvalue weighted by Gasteiger charge is -2.09. The van der Waals surface area contributed by atoms with Gasteiger partial charge in [0.1, 0.15) is 10.9 Å². The van der Waals surface area contributed by atoms with Gasteiger partial charge >= 0.3 is 0 Å². The van der Waals surface area contributed by atoms with E-state index in [4.69, 9.17) is 16.3 Å². The zero-order valence-electron chi connectivity index (χ0n) is 9.98. The molecule has 2 aromatic rings. The first-order valence-electron chi connectivity index (χ1n) is 5.37. The molecule has 4 nitrogen and oxygen atoms in total. The van der Waals surface area contributed by atoms with Gasteiger partial charge < -0.3 is 10.1 Å². The summed E-state index contributed by atoms with van der Waals surface area (Å²) >= 11 is 9.04. The van der Waals surface area contributed by atoms with Crippen LogP contribution in [0.1, 0.15) is 10.4 Å². The second-order valence-electron chi connectivity index (χ2n) is 3.65. The molecular formula is C13H10BrClN2O2. The fourth-order valence-corrected chi connectivity index (χ4v) is 1.97. The standard InChI is InChI=1S/C13H10BrClN2O2/c1-19-11-5-3-2-4-9(11)13(18)17-8-6-10(14)12(15)16-7-8/h2-7H,1H3,(H,17,18). The fraction of sp³-hybridized carbons (Fsp3) is 0.0769. The second-order valence-corrected chi connectivity index (χ2v) is 4.86. The third-order valence-electron chi connectivity index (χ3n) is 2.41. The van der Waals surface area contributed by atoms with E-state index < -0.39 is 0 Å². The lowest BCUT2D eigenvalue weighted by atomic mass is 10.2. The third-order valence-corrected chi connectivity index (χ3v) is 3.54. The summed E-state index contributed by atoms with van der Waals surface area (Å²) in [7, 11) is 1.52. The van der Waals surface area contributed by atoms with E-state index in [2.05, 4.69) is 26.2 Å². The normalized spacial score (nSPS) is 10.1. The number of amides is 1. The molecular weight excluding hydrogens is 332 g/mol. The van der Waals surface area contributed by atoms with Crippen molar-refractivity contribution in [3.8, 4) is 5.75 Å². The van der Waals surface area contributed by atoms with Crippen LogP contribution in [0.4, 0.5) is 5.69 Å². The number of methoxy groups -OCH3 is 1. The molecule has 0 saturated heterocycles. The van der Waals surface area contributed by atoms with Crippen LogP contribution in [-0.4, -0.2) is 18.0 Å². The summed E-state index contributed by atoms with van der Waals surface area (Å²) in [6.07, 6.45) is 1.49. The monoisotopic (exact) mass is 340 g/mol. The van der Waals surface area contributed by atoms with Crippen LogP contribution in [-0.2, 0) is 0 Å². The van der Waals surface area contributed by atoms with Gasteiger partial charge in [-0.1, -0.05) is 23.7 Å². The van der Waals surface area contributed by atoms with Crippen molar-refractivity contribution in [3.63, 3.8) is 0 Å². The predicted octanol–water partition coefficient (Wildman–Crippen LogP) is 3.76. The summed E-state index contributed by atoms with van der Waals surface area (Å²) in [6.45, 7) is 0. The number of benzene rings is 1. The molecule has 6 heteroatoms. The first-order valence-corrected chi connectivity index (χ1v) is 6.54. The summed E-state index contributed by atoms with van der Waals surface area (Å²) in [6, 6.07) is 8.67. The number of pyridine rings is 1. The van der Waals surface area contributed by atoms with Gasteiger partial charge in [-0.25, -0.2) is 4.98 Å². The van der Waals surface area contributed by atoms with Crippen LogP contribution in [0.15, 0.2) is 41.0 Å². The Bertz CT molecular complexity index is 619. The Balaban J connectivity index is 2.23. The van der Waals surface area contributed by atoms with Crippen molar-refractivity contribution in [1.82, 2.24) is 4.98 Å². The van der Waals surface area contributed by atoms with Gasteiger partial charge in [0.2, 0.25) is 0 Å². The molecule has 0 radical (unpaired) electrons. The molecule has 1 amide bonds. The van der Waals surface area contributed by atoms with Gasteiger partial charge in [-0.2, -0.15) is 0 Å². The van der Waals surface area contributed by atoms with Gasteiger partial charge in [0.25, 0.3) is 5.91 Å². The van der Waals surface area contributed by atoms with Crippen molar-refractivity contribution in [2.75, 3.05) is 12.4 Å². The number of anilines is 1. The molecule has 0 fully saturated rings. The zero-order chi connectivity index (χ0) is 13.8. The highest BCUT2D eigenvalue weighted by molar-refractivity contribution is 9.10. The molecule has 1 aromatic heterocycles. The van der Waals surface area contributed by atoms with Crippen molar-refractivity contribution in [2.24, 2.45) is 0 Å². The van der Waals surface area contributed by atoms with E-state index in [0.717, 1.165) is 0 Å². The minimum Gasteiger partial charge on any atom is -0.496 e. The van der Waals surface area contributed by atoms with Crippen molar-refractivity contribution >= 4 is 39.1 Å². The Morgan fingerprint density at radius 2 is 2.16 bits per heavy atom. The van der Waals surface area contributed by atoms with E-state index in [1.54, 1.807) is 30.3 Å². The van der Waals surface area contributed by atoms with Crippen LogP contribution in [0.5, 0.6) is 5.75 Å². The zero-order valence-corrected chi connectivity index (χ0v) is 12.3. The Morgan fingerprint density at radius 1 is 1.42 bits per heavy atom. The molecule has 0 aliphatic heterocycles. The number of rotatable bonds is 3. The average Bonchev–Trinajstić information content (AvgIpc) is 2.43. The van der Waals surface area contributed by atoms with Crippen LogP contribution in [0, 0.1) is 0 Å². The lowest BCUT2D eigenvalue weighted by molar-refractivity contribution is 0.102. The van der Waals surface area contributed by atoms with Crippen molar-refractivity contribution in [1.29, 1.82) is 0 Å².